The average Bonchev–Trinajstić information content (AvgIpc) is 3.48. The minimum absolute atomic E-state index is 0.0768. The van der Waals surface area contributed by atoms with Gasteiger partial charge >= 0.3 is 0 Å². The molecule has 0 saturated heterocycles. The van der Waals surface area contributed by atoms with Crippen molar-refractivity contribution in [3.05, 3.63) is 89.8 Å². The first-order valence-corrected chi connectivity index (χ1v) is 16.2. The Morgan fingerprint density at radius 1 is 1.09 bits per heavy atom. The van der Waals surface area contributed by atoms with Crippen molar-refractivity contribution in [2.45, 2.75) is 33.2 Å². The molecule has 0 amide bonds. The number of anilines is 2. The zero-order valence-corrected chi connectivity index (χ0v) is 25.8. The molecule has 3 atom stereocenters. The van der Waals surface area contributed by atoms with Crippen LogP contribution in [0, 0.1) is 11.8 Å². The summed E-state index contributed by atoms with van der Waals surface area (Å²) >= 11 is 0. The minimum Gasteiger partial charge on any atom is -0.418 e. The molecule has 10 nitrogen and oxygen atoms in total. The maximum atomic E-state index is 12.5. The summed E-state index contributed by atoms with van der Waals surface area (Å²) in [6, 6.07) is 23.0. The molecular formula is C32H38N6O4S. The summed E-state index contributed by atoms with van der Waals surface area (Å²) in [4.78, 5) is 11.8. The summed E-state index contributed by atoms with van der Waals surface area (Å²) in [5, 5.41) is 8.66. The Kier molecular flexibility index (Phi) is 9.52. The van der Waals surface area contributed by atoms with Gasteiger partial charge in [0.1, 0.15) is 17.7 Å². The third-order valence-corrected chi connectivity index (χ3v) is 8.81. The summed E-state index contributed by atoms with van der Waals surface area (Å²) in [6.45, 7) is 7.63. The fourth-order valence-corrected chi connectivity index (χ4v) is 5.37. The zero-order valence-electron chi connectivity index (χ0n) is 25.0. The van der Waals surface area contributed by atoms with Crippen LogP contribution in [-0.4, -0.2) is 61.9 Å². The highest BCUT2D eigenvalue weighted by Crippen LogP contribution is 2.39. The molecule has 5 rings (SSSR count). The summed E-state index contributed by atoms with van der Waals surface area (Å²) in [5.41, 5.74) is 3.34. The number of aromatic nitrogens is 3. The molecule has 1 N–H and O–H groups in total. The van der Waals surface area contributed by atoms with Crippen molar-refractivity contribution < 1.29 is 17.6 Å². The molecule has 11 heteroatoms. The lowest BCUT2D eigenvalue weighted by molar-refractivity contribution is 0.204. The Bertz CT molecular complexity index is 1600. The van der Waals surface area contributed by atoms with Gasteiger partial charge in [0.25, 0.3) is 0 Å². The maximum Gasteiger partial charge on any atom is 0.248 e. The second-order valence-electron chi connectivity index (χ2n) is 10.8. The van der Waals surface area contributed by atoms with E-state index in [4.69, 9.17) is 14.1 Å². The van der Waals surface area contributed by atoms with Gasteiger partial charge in [-0.3, -0.25) is 9.71 Å². The van der Waals surface area contributed by atoms with E-state index in [1.54, 1.807) is 20.1 Å². The van der Waals surface area contributed by atoms with Gasteiger partial charge in [-0.25, -0.2) is 13.4 Å². The number of methoxy groups -OCH3 is 1. The molecular weight excluding hydrogens is 564 g/mol. The highest BCUT2D eigenvalue weighted by atomic mass is 32.2. The number of aliphatic imine (C=N–C) groups is 1. The van der Waals surface area contributed by atoms with Gasteiger partial charge in [-0.2, -0.15) is 0 Å². The van der Waals surface area contributed by atoms with E-state index in [2.05, 4.69) is 31.7 Å². The Hall–Kier alpha value is -4.09. The second kappa shape index (κ2) is 13.5. The number of nitrogens with one attached hydrogen (secondary N) is 1. The fraction of sp³-hybridized carbons (Fsp3) is 0.375. The maximum absolute atomic E-state index is 12.5. The van der Waals surface area contributed by atoms with Crippen molar-refractivity contribution >= 4 is 27.4 Å². The molecule has 0 bridgehead atoms. The van der Waals surface area contributed by atoms with E-state index in [0.717, 1.165) is 29.8 Å². The Balaban J connectivity index is 1.50. The molecule has 0 radical (unpaired) electrons. The quantitative estimate of drug-likeness (QED) is 0.185. The van der Waals surface area contributed by atoms with Crippen LogP contribution in [-0.2, 0) is 14.8 Å². The number of nitrogens with zero attached hydrogens (tertiary/aromatic N) is 5. The highest BCUT2D eigenvalue weighted by Gasteiger charge is 2.34. The molecule has 226 valence electrons. The molecule has 2 aromatic heterocycles. The van der Waals surface area contributed by atoms with E-state index >= 15 is 0 Å². The van der Waals surface area contributed by atoms with Crippen molar-refractivity contribution in [3.8, 4) is 11.5 Å². The summed E-state index contributed by atoms with van der Waals surface area (Å²) in [5.74, 6) is 2.53. The molecule has 1 saturated carbocycles. The minimum atomic E-state index is -3.56. The van der Waals surface area contributed by atoms with Crippen LogP contribution in [0.1, 0.15) is 50.3 Å². The van der Waals surface area contributed by atoms with E-state index in [1.165, 1.54) is 0 Å². The molecule has 4 aromatic rings. The SMILES string of the molecule is CCS(=O)(=O)Nc1cc(-c2nnc(C(C)N=C(c3ccccc3)c3ccccc3)o2)cc(N(CCOC)CC2CC2C)n1. The first-order chi connectivity index (χ1) is 20.8. The molecule has 3 unspecified atom stereocenters. The van der Waals surface area contributed by atoms with E-state index < -0.39 is 16.1 Å². The van der Waals surface area contributed by atoms with Crippen LogP contribution in [0.25, 0.3) is 11.5 Å². The molecule has 0 aliphatic heterocycles. The van der Waals surface area contributed by atoms with Gasteiger partial charge in [-0.15, -0.1) is 10.2 Å². The first-order valence-electron chi connectivity index (χ1n) is 14.5. The number of pyridine rings is 1. The monoisotopic (exact) mass is 602 g/mol. The number of rotatable bonds is 14. The van der Waals surface area contributed by atoms with Crippen LogP contribution in [0.3, 0.4) is 0 Å². The Labute approximate surface area is 253 Å². The number of hydrogen-bond donors (Lipinski definition) is 1. The van der Waals surface area contributed by atoms with Crippen LogP contribution >= 0.6 is 0 Å². The lowest BCUT2D eigenvalue weighted by atomic mass is 10.0. The molecule has 1 aliphatic rings. The van der Waals surface area contributed by atoms with Gasteiger partial charge in [0.2, 0.25) is 21.8 Å². The lowest BCUT2D eigenvalue weighted by Crippen LogP contribution is -2.31. The lowest BCUT2D eigenvalue weighted by Gasteiger charge is -2.24. The molecule has 2 aromatic carbocycles. The van der Waals surface area contributed by atoms with Gasteiger partial charge in [0.15, 0.2) is 0 Å². The zero-order chi connectivity index (χ0) is 30.4. The number of hydrogen-bond acceptors (Lipinski definition) is 9. The van der Waals surface area contributed by atoms with Gasteiger partial charge < -0.3 is 14.1 Å². The van der Waals surface area contributed by atoms with E-state index in [9.17, 15) is 8.42 Å². The topological polar surface area (TPSA) is 123 Å². The summed E-state index contributed by atoms with van der Waals surface area (Å²) in [6.07, 6.45) is 1.15. The van der Waals surface area contributed by atoms with E-state index in [1.807, 2.05) is 73.7 Å². The van der Waals surface area contributed by atoms with Crippen molar-refractivity contribution in [1.82, 2.24) is 15.2 Å². The van der Waals surface area contributed by atoms with E-state index in [0.29, 0.717) is 42.3 Å². The van der Waals surface area contributed by atoms with Crippen LogP contribution < -0.4 is 9.62 Å². The van der Waals surface area contributed by atoms with Gasteiger partial charge in [0.05, 0.1) is 18.1 Å². The van der Waals surface area contributed by atoms with Crippen LogP contribution in [0.2, 0.25) is 0 Å². The summed E-state index contributed by atoms with van der Waals surface area (Å²) < 4.78 is 39.1. The van der Waals surface area contributed by atoms with Crippen molar-refractivity contribution in [1.29, 1.82) is 0 Å². The molecule has 1 fully saturated rings. The normalized spacial score (nSPS) is 16.8. The number of sulfonamides is 1. The Morgan fingerprint density at radius 3 is 2.33 bits per heavy atom. The third kappa shape index (κ3) is 7.85. The highest BCUT2D eigenvalue weighted by molar-refractivity contribution is 7.92. The van der Waals surface area contributed by atoms with Crippen molar-refractivity contribution in [2.24, 2.45) is 16.8 Å². The molecule has 0 spiro atoms. The molecule has 43 heavy (non-hydrogen) atoms. The van der Waals surface area contributed by atoms with Crippen LogP contribution in [0.4, 0.5) is 11.6 Å². The number of ether oxygens (including phenoxy) is 1. The smallest absolute Gasteiger partial charge is 0.248 e. The second-order valence-corrected chi connectivity index (χ2v) is 12.9. The van der Waals surface area contributed by atoms with Crippen LogP contribution in [0.5, 0.6) is 0 Å². The van der Waals surface area contributed by atoms with Gasteiger partial charge in [-0.1, -0.05) is 67.6 Å². The number of benzene rings is 2. The van der Waals surface area contributed by atoms with Gasteiger partial charge in [-0.05, 0) is 44.2 Å². The van der Waals surface area contributed by atoms with Crippen molar-refractivity contribution in [2.75, 3.05) is 42.2 Å². The molecule has 1 aliphatic carbocycles. The predicted octanol–water partition coefficient (Wildman–Crippen LogP) is 5.60. The third-order valence-electron chi connectivity index (χ3n) is 7.53. The van der Waals surface area contributed by atoms with Crippen LogP contribution in [0.15, 0.2) is 82.2 Å². The largest absolute Gasteiger partial charge is 0.418 e. The standard InChI is InChI=1S/C32H38N6O4S/c1-5-43(39,40)37-28-19-26(20-29(34-28)38(16-17-41-4)21-27-18-22(27)2)32-36-35-31(42-32)23(3)33-30(24-12-8-6-9-13-24)25-14-10-7-11-15-25/h6-15,19-20,22-23,27H,5,16-18,21H2,1-4H3,(H,34,37). The average molecular weight is 603 g/mol. The van der Waals surface area contributed by atoms with Crippen molar-refractivity contribution in [3.63, 3.8) is 0 Å². The predicted molar refractivity (Wildman–Crippen MR) is 169 cm³/mol. The first kappa shape index (κ1) is 30.4. The molecule has 2 heterocycles. The fourth-order valence-electron chi connectivity index (χ4n) is 4.80. The Morgan fingerprint density at radius 2 is 1.74 bits per heavy atom. The summed E-state index contributed by atoms with van der Waals surface area (Å²) in [7, 11) is -1.91. The van der Waals surface area contributed by atoms with E-state index in [-0.39, 0.29) is 17.5 Å². The van der Waals surface area contributed by atoms with Gasteiger partial charge in [0, 0.05) is 36.9 Å².